The Balaban J connectivity index is 0.000000192. The van der Waals surface area contributed by atoms with Gasteiger partial charge >= 0.3 is 0 Å². The van der Waals surface area contributed by atoms with E-state index < -0.39 is 0 Å². The van der Waals surface area contributed by atoms with Crippen molar-refractivity contribution in [3.8, 4) is 0 Å². The highest BCUT2D eigenvalue weighted by Gasteiger charge is 2.30. The van der Waals surface area contributed by atoms with E-state index in [-0.39, 0.29) is 17.2 Å². The summed E-state index contributed by atoms with van der Waals surface area (Å²) in [4.78, 5) is 11.0. The molecule has 34 heavy (non-hydrogen) atoms. The number of aryl methyl sites for hydroxylation is 1. The standard InChI is InChI=1S/C18H19F2NS.C9H13NO2/c1-13-7-10-18(14-5-3-2-4-6-14)22-21(13)12-15-11-16(19)8-9-17(15)20;1-6-3-7(4-6)8-5-9(11)10(2)12-8/h2-6,8-9,11,13,18H,7,10,12H2,1H3;5-7H,3-4H2,1-2H3/t13-,18?;/m0./s1. The van der Waals surface area contributed by atoms with Crippen LogP contribution in [-0.4, -0.2) is 15.1 Å². The van der Waals surface area contributed by atoms with E-state index in [0.717, 1.165) is 37.4 Å². The first-order valence-electron chi connectivity index (χ1n) is 11.9. The summed E-state index contributed by atoms with van der Waals surface area (Å²) in [5.74, 6) is 1.43. The molecular weight excluding hydrogens is 454 g/mol. The molecule has 5 rings (SSSR count). The SMILES string of the molecule is CC1CC(c2cc(=O)n(C)o2)C1.C[C@H]1CCC(c2ccccc2)SN1Cc1cc(F)ccc1F. The van der Waals surface area contributed by atoms with Crippen molar-refractivity contribution in [2.75, 3.05) is 0 Å². The number of rotatable bonds is 4. The first-order chi connectivity index (χ1) is 16.3. The highest BCUT2D eigenvalue weighted by Crippen LogP contribution is 2.43. The molecule has 0 bridgehead atoms. The summed E-state index contributed by atoms with van der Waals surface area (Å²) >= 11 is 1.75. The van der Waals surface area contributed by atoms with Gasteiger partial charge in [0.25, 0.3) is 5.56 Å². The zero-order chi connectivity index (χ0) is 24.2. The summed E-state index contributed by atoms with van der Waals surface area (Å²) < 4.78 is 36.0. The normalized spacial score (nSPS) is 24.7. The molecule has 2 aromatic carbocycles. The molecule has 0 N–H and O–H groups in total. The van der Waals surface area contributed by atoms with Crippen molar-refractivity contribution in [1.82, 2.24) is 9.05 Å². The predicted molar refractivity (Wildman–Crippen MR) is 132 cm³/mol. The van der Waals surface area contributed by atoms with Crippen LogP contribution in [0.1, 0.15) is 67.6 Å². The zero-order valence-electron chi connectivity index (χ0n) is 19.9. The lowest BCUT2D eigenvalue weighted by molar-refractivity contribution is 0.201. The van der Waals surface area contributed by atoms with E-state index in [0.29, 0.717) is 29.3 Å². The van der Waals surface area contributed by atoms with Crippen molar-refractivity contribution in [3.05, 3.63) is 93.5 Å². The minimum absolute atomic E-state index is 0.0375. The third-order valence-corrected chi connectivity index (χ3v) is 8.22. The Morgan fingerprint density at radius 1 is 1.03 bits per heavy atom. The second kappa shape index (κ2) is 10.9. The molecule has 2 fully saturated rings. The summed E-state index contributed by atoms with van der Waals surface area (Å²) in [5, 5.41) is 0.383. The van der Waals surface area contributed by atoms with Crippen LogP contribution < -0.4 is 5.56 Å². The van der Waals surface area contributed by atoms with Crippen LogP contribution in [0.5, 0.6) is 0 Å². The summed E-state index contributed by atoms with van der Waals surface area (Å²) in [5.41, 5.74) is 1.68. The van der Waals surface area contributed by atoms with E-state index >= 15 is 0 Å². The molecule has 4 nitrogen and oxygen atoms in total. The first kappa shape index (κ1) is 24.7. The summed E-state index contributed by atoms with van der Waals surface area (Å²) in [6.45, 7) is 4.79. The third kappa shape index (κ3) is 5.99. The number of nitrogens with zero attached hydrogens (tertiary/aromatic N) is 2. The average molecular weight is 487 g/mol. The Morgan fingerprint density at radius 2 is 1.76 bits per heavy atom. The average Bonchev–Trinajstić information content (AvgIpc) is 3.14. The minimum Gasteiger partial charge on any atom is -0.381 e. The van der Waals surface area contributed by atoms with Gasteiger partial charge in [0.1, 0.15) is 17.4 Å². The van der Waals surface area contributed by atoms with E-state index in [2.05, 4.69) is 30.3 Å². The molecule has 0 amide bonds. The number of halogens is 2. The molecule has 2 heterocycles. The molecule has 1 unspecified atom stereocenters. The van der Waals surface area contributed by atoms with Gasteiger partial charge in [-0.2, -0.15) is 4.74 Å². The molecule has 1 aliphatic heterocycles. The van der Waals surface area contributed by atoms with Crippen LogP contribution in [0.4, 0.5) is 8.78 Å². The van der Waals surface area contributed by atoms with Crippen LogP contribution in [0.25, 0.3) is 0 Å². The fourth-order valence-corrected chi connectivity index (χ4v) is 5.92. The monoisotopic (exact) mass is 486 g/mol. The van der Waals surface area contributed by atoms with E-state index in [4.69, 9.17) is 4.52 Å². The first-order valence-corrected chi connectivity index (χ1v) is 12.7. The molecule has 0 spiro atoms. The van der Waals surface area contributed by atoms with Crippen molar-refractivity contribution in [3.63, 3.8) is 0 Å². The van der Waals surface area contributed by atoms with Gasteiger partial charge in [-0.25, -0.2) is 13.1 Å². The van der Waals surface area contributed by atoms with Crippen LogP contribution in [0, 0.1) is 17.6 Å². The molecule has 1 saturated heterocycles. The van der Waals surface area contributed by atoms with Crippen LogP contribution >= 0.6 is 11.9 Å². The van der Waals surface area contributed by atoms with Gasteiger partial charge in [-0.1, -0.05) is 49.2 Å². The van der Waals surface area contributed by atoms with Gasteiger partial charge in [0.15, 0.2) is 0 Å². The van der Waals surface area contributed by atoms with Crippen molar-refractivity contribution in [2.45, 2.75) is 63.3 Å². The molecule has 3 aromatic rings. The van der Waals surface area contributed by atoms with Gasteiger partial charge in [0.2, 0.25) is 0 Å². The highest BCUT2D eigenvalue weighted by atomic mass is 32.2. The van der Waals surface area contributed by atoms with Gasteiger partial charge in [-0.15, -0.1) is 0 Å². The molecule has 2 aliphatic rings. The maximum absolute atomic E-state index is 13.9. The Bertz CT molecular complexity index is 1140. The lowest BCUT2D eigenvalue weighted by Crippen LogP contribution is -2.31. The molecular formula is C27H32F2N2O2S. The van der Waals surface area contributed by atoms with E-state index in [1.54, 1.807) is 25.1 Å². The van der Waals surface area contributed by atoms with Crippen LogP contribution in [0.2, 0.25) is 0 Å². The minimum atomic E-state index is -0.384. The Labute approximate surface area is 204 Å². The Kier molecular flexibility index (Phi) is 7.94. The molecule has 1 saturated carbocycles. The van der Waals surface area contributed by atoms with Crippen LogP contribution in [0.15, 0.2) is 63.9 Å². The summed E-state index contributed by atoms with van der Waals surface area (Å²) in [6.07, 6.45) is 4.49. The maximum atomic E-state index is 13.9. The number of benzene rings is 2. The fourth-order valence-electron chi connectivity index (χ4n) is 4.55. The largest absolute Gasteiger partial charge is 0.381 e. The summed E-state index contributed by atoms with van der Waals surface area (Å²) in [6, 6.07) is 16.0. The van der Waals surface area contributed by atoms with E-state index in [1.165, 1.54) is 28.5 Å². The van der Waals surface area contributed by atoms with Crippen molar-refractivity contribution < 1.29 is 13.3 Å². The molecule has 1 aromatic heterocycles. The van der Waals surface area contributed by atoms with E-state index in [1.807, 2.05) is 18.2 Å². The zero-order valence-corrected chi connectivity index (χ0v) is 20.7. The van der Waals surface area contributed by atoms with Crippen molar-refractivity contribution >= 4 is 11.9 Å². The summed E-state index contributed by atoms with van der Waals surface area (Å²) in [7, 11) is 1.65. The second-order valence-corrected chi connectivity index (χ2v) is 10.7. The van der Waals surface area contributed by atoms with E-state index in [9.17, 15) is 13.6 Å². The number of hydrogen-bond acceptors (Lipinski definition) is 4. The van der Waals surface area contributed by atoms with Crippen molar-refractivity contribution in [1.29, 1.82) is 0 Å². The maximum Gasteiger partial charge on any atom is 0.282 e. The topological polar surface area (TPSA) is 38.4 Å². The molecule has 0 radical (unpaired) electrons. The molecule has 1 aliphatic carbocycles. The Morgan fingerprint density at radius 3 is 2.41 bits per heavy atom. The van der Waals surface area contributed by atoms with Crippen LogP contribution in [0.3, 0.4) is 0 Å². The number of hydrogen-bond donors (Lipinski definition) is 0. The van der Waals surface area contributed by atoms with Crippen molar-refractivity contribution in [2.24, 2.45) is 13.0 Å². The predicted octanol–water partition coefficient (Wildman–Crippen LogP) is 6.83. The molecule has 7 heteroatoms. The quantitative estimate of drug-likeness (QED) is 0.379. The van der Waals surface area contributed by atoms with Gasteiger partial charge in [-0.3, -0.25) is 4.79 Å². The van der Waals surface area contributed by atoms with Gasteiger partial charge < -0.3 is 4.52 Å². The van der Waals surface area contributed by atoms with Gasteiger partial charge in [0, 0.05) is 42.4 Å². The second-order valence-electron chi connectivity index (χ2n) is 9.49. The fraction of sp³-hybridized carbons (Fsp3) is 0.444. The van der Waals surface area contributed by atoms with Gasteiger partial charge in [-0.05, 0) is 62.3 Å². The molecule has 182 valence electrons. The number of aromatic nitrogens is 1. The highest BCUT2D eigenvalue weighted by molar-refractivity contribution is 7.97. The third-order valence-electron chi connectivity index (χ3n) is 6.70. The Hall–Kier alpha value is -2.38. The lowest BCUT2D eigenvalue weighted by atomic mass is 9.75. The molecule has 2 atom stereocenters. The smallest absolute Gasteiger partial charge is 0.282 e. The van der Waals surface area contributed by atoms with Crippen LogP contribution in [-0.2, 0) is 13.6 Å². The van der Waals surface area contributed by atoms with Gasteiger partial charge in [0.05, 0.1) is 0 Å². The lowest BCUT2D eigenvalue weighted by Gasteiger charge is -2.37.